The van der Waals surface area contributed by atoms with Gasteiger partial charge in [0, 0.05) is 73.8 Å². The average Bonchev–Trinajstić information content (AvgIpc) is 2.92. The molecule has 4 rings (SSSR count). The van der Waals surface area contributed by atoms with Crippen LogP contribution in [0.5, 0.6) is 0 Å². The van der Waals surface area contributed by atoms with Gasteiger partial charge in [-0.15, -0.1) is 5.69 Å². The largest absolute Gasteiger partial charge is 0.699 e. The van der Waals surface area contributed by atoms with Crippen molar-refractivity contribution < 1.29 is 54.0 Å². The van der Waals surface area contributed by atoms with Gasteiger partial charge in [-0.25, -0.2) is 0 Å². The fraction of sp³-hybridized carbons (Fsp3) is 0.161. The van der Waals surface area contributed by atoms with E-state index in [2.05, 4.69) is 5.32 Å². The van der Waals surface area contributed by atoms with Gasteiger partial charge in [0.25, 0.3) is 5.91 Å². The van der Waals surface area contributed by atoms with E-state index in [9.17, 15) is 9.90 Å². The van der Waals surface area contributed by atoms with Crippen LogP contribution in [0, 0.1) is 55.4 Å². The second-order valence-electron chi connectivity index (χ2n) is 9.19. The Labute approximate surface area is 259 Å². The molecule has 2 atom stereocenters. The Bertz CT molecular complexity index is 1360. The third-order valence-electron chi connectivity index (χ3n) is 6.50. The Morgan fingerprint density at radius 1 is 0.816 bits per heavy atom. The van der Waals surface area contributed by atoms with E-state index in [1.807, 2.05) is 72.8 Å². The third-order valence-corrected chi connectivity index (χ3v) is 6.50. The summed E-state index contributed by atoms with van der Waals surface area (Å²) in [6.45, 7) is -0.107. The Kier molecular flexibility index (Phi) is 11.1. The first-order chi connectivity index (χ1) is 17.9. The quantitative estimate of drug-likeness (QED) is 0.128. The minimum absolute atomic E-state index is 0. The molecule has 4 aromatic carbocycles. The van der Waals surface area contributed by atoms with Gasteiger partial charge in [-0.3, -0.25) is 10.2 Å². The zero-order valence-corrected chi connectivity index (χ0v) is 25.8. The van der Waals surface area contributed by atoms with Gasteiger partial charge in [-0.2, -0.15) is 0 Å². The van der Waals surface area contributed by atoms with E-state index >= 15 is 0 Å². The van der Waals surface area contributed by atoms with Gasteiger partial charge in [0.05, 0.1) is 0 Å². The van der Waals surface area contributed by atoms with Crippen LogP contribution in [0.4, 0.5) is 5.69 Å². The first-order valence-corrected chi connectivity index (χ1v) is 12.2. The van der Waals surface area contributed by atoms with Crippen LogP contribution in [-0.4, -0.2) is 29.5 Å². The minimum Gasteiger partial charge on any atom is -0.699 e. The van der Waals surface area contributed by atoms with Gasteiger partial charge in [0.1, 0.15) is 5.84 Å². The molecule has 4 aromatic rings. The van der Waals surface area contributed by atoms with E-state index < -0.39 is 0 Å². The van der Waals surface area contributed by atoms with E-state index in [0.29, 0.717) is 29.7 Å². The summed E-state index contributed by atoms with van der Waals surface area (Å²) in [6, 6.07) is 31.6. The van der Waals surface area contributed by atoms with Gasteiger partial charge >= 0.3 is 0 Å². The maximum absolute atomic E-state index is 13.3. The van der Waals surface area contributed by atoms with E-state index in [4.69, 9.17) is 16.9 Å². The van der Waals surface area contributed by atoms with Crippen LogP contribution in [0.15, 0.2) is 103 Å². The zero-order chi connectivity index (χ0) is 26.2. The van der Waals surface area contributed by atoms with Crippen LogP contribution in [-0.2, 0) is 12.8 Å². The molecule has 0 heterocycles. The molecule has 0 fully saturated rings. The van der Waals surface area contributed by atoms with Crippen LogP contribution >= 0.6 is 0 Å². The molecule has 0 bridgehead atoms. The van der Waals surface area contributed by atoms with Gasteiger partial charge in [0.15, 0.2) is 0 Å². The number of aliphatic hydroxyl groups is 1. The number of amidine groups is 1. The fourth-order valence-electron chi connectivity index (χ4n) is 4.47. The summed E-state index contributed by atoms with van der Waals surface area (Å²) in [7, 11) is 0. The van der Waals surface area contributed by atoms with Crippen molar-refractivity contribution in [3.63, 3.8) is 0 Å². The maximum Gasteiger partial charge on any atom is 0.251 e. The molecule has 1 amide bonds. The summed E-state index contributed by atoms with van der Waals surface area (Å²) >= 11 is 0. The Morgan fingerprint density at radius 3 is 2.16 bits per heavy atom. The number of amides is 1. The monoisotopic (exact) mass is 718 g/mol. The summed E-state index contributed by atoms with van der Waals surface area (Å²) in [5.74, 6) is -0.461. The van der Waals surface area contributed by atoms with Gasteiger partial charge in [-0.1, -0.05) is 84.9 Å². The number of nitrogens with two attached hydrogens (primary N) is 1. The molecular formula is C31H31AcN4O2-. The Balaban J connectivity index is 0.00000400. The van der Waals surface area contributed by atoms with E-state index in [0.717, 1.165) is 22.3 Å². The molecule has 0 aromatic heterocycles. The number of rotatable bonds is 10. The predicted octanol–water partition coefficient (Wildman–Crippen LogP) is 5.51. The van der Waals surface area contributed by atoms with E-state index in [1.54, 1.807) is 30.3 Å². The maximum atomic E-state index is 13.3. The second-order valence-corrected chi connectivity index (χ2v) is 9.19. The van der Waals surface area contributed by atoms with Crippen LogP contribution in [0.1, 0.15) is 27.0 Å². The molecule has 6 N–H and O–H groups in total. The summed E-state index contributed by atoms with van der Waals surface area (Å²) in [6.07, 6.45) is 1.09. The van der Waals surface area contributed by atoms with Gasteiger partial charge in [-0.05, 0) is 53.3 Å². The summed E-state index contributed by atoms with van der Waals surface area (Å²) < 4.78 is 0. The third kappa shape index (κ3) is 8.01. The first kappa shape index (κ1) is 29.6. The number of aliphatic hydroxyl groups excluding tert-OH is 1. The molecular weight excluding hydrogens is 687 g/mol. The fourth-order valence-corrected chi connectivity index (χ4v) is 4.47. The predicted molar refractivity (Wildman–Crippen MR) is 149 cm³/mol. The Hall–Kier alpha value is -2.98. The standard InChI is InChI=1S/C31H31N4O2.Ac/c32-28-11-5-9-25(19-28)23-12-14-24(15-13-23)31(37)35-29(18-21-6-2-1-3-7-21)27(20-36)17-22-8-4-10-26(16-22)30(33)34;/h1-16,19,27,29,32,36H,17-18,20H2,(H3,33,34)(H,35,37);/q-1;. The molecule has 2 unspecified atom stereocenters. The number of benzene rings is 4. The number of hydrogen-bond donors (Lipinski definition) is 4. The van der Waals surface area contributed by atoms with Crippen molar-refractivity contribution in [3.05, 3.63) is 131 Å². The number of hydrogen-bond acceptors (Lipinski definition) is 3. The summed E-state index contributed by atoms with van der Waals surface area (Å²) in [5, 5.41) is 21.2. The molecule has 0 aliphatic heterocycles. The van der Waals surface area contributed by atoms with Crippen molar-refractivity contribution >= 4 is 17.4 Å². The molecule has 7 heteroatoms. The van der Waals surface area contributed by atoms with Crippen LogP contribution in [0.25, 0.3) is 16.9 Å². The SMILES string of the molecule is N=C(N)c1cccc(CC(CO)C(Cc2ccccc2)NC(=O)c2ccc(-c3cccc([NH-])c3)cc2)c1.[Ac]. The molecule has 0 saturated carbocycles. The number of nitrogens with one attached hydrogen (secondary N) is 3. The molecule has 38 heavy (non-hydrogen) atoms. The van der Waals surface area contributed by atoms with E-state index in [1.165, 1.54) is 0 Å². The average molecular weight is 719 g/mol. The normalized spacial score (nSPS) is 12.1. The zero-order valence-electron chi connectivity index (χ0n) is 21.1. The van der Waals surface area contributed by atoms with Crippen LogP contribution in [0.2, 0.25) is 0 Å². The van der Waals surface area contributed by atoms with Crippen molar-refractivity contribution in [3.8, 4) is 11.1 Å². The molecule has 1 radical (unpaired) electrons. The topological polar surface area (TPSA) is 123 Å². The van der Waals surface area contributed by atoms with Crippen molar-refractivity contribution in [2.75, 3.05) is 6.61 Å². The molecule has 0 saturated heterocycles. The van der Waals surface area contributed by atoms with Crippen LogP contribution < -0.4 is 11.1 Å². The van der Waals surface area contributed by atoms with E-state index in [-0.39, 0.29) is 74.4 Å². The van der Waals surface area contributed by atoms with Crippen molar-refractivity contribution in [1.82, 2.24) is 5.32 Å². The van der Waals surface area contributed by atoms with Crippen LogP contribution in [0.3, 0.4) is 0 Å². The minimum atomic E-state index is -0.319. The van der Waals surface area contributed by atoms with Gasteiger partial charge < -0.3 is 21.9 Å². The summed E-state index contributed by atoms with van der Waals surface area (Å²) in [5.41, 5.74) is 19.0. The van der Waals surface area contributed by atoms with Gasteiger partial charge in [0.2, 0.25) is 0 Å². The van der Waals surface area contributed by atoms with Crippen molar-refractivity contribution in [2.45, 2.75) is 18.9 Å². The van der Waals surface area contributed by atoms with Crippen molar-refractivity contribution in [1.29, 1.82) is 5.41 Å². The second kappa shape index (κ2) is 14.3. The number of carbonyl (C=O) groups is 1. The Morgan fingerprint density at radius 2 is 1.50 bits per heavy atom. The first-order valence-electron chi connectivity index (χ1n) is 12.2. The smallest absolute Gasteiger partial charge is 0.251 e. The van der Waals surface area contributed by atoms with Crippen molar-refractivity contribution in [2.24, 2.45) is 11.7 Å². The molecule has 0 spiro atoms. The molecule has 6 nitrogen and oxygen atoms in total. The summed E-state index contributed by atoms with van der Waals surface area (Å²) in [4.78, 5) is 13.3. The number of nitrogen functional groups attached to an aromatic ring is 1. The molecule has 191 valence electrons. The molecule has 0 aliphatic rings. The molecule has 0 aliphatic carbocycles. The number of carbonyl (C=O) groups excluding carboxylic acids is 1.